The summed E-state index contributed by atoms with van der Waals surface area (Å²) in [6.07, 6.45) is 0.214. The van der Waals surface area contributed by atoms with E-state index in [1.165, 1.54) is 4.90 Å². The van der Waals surface area contributed by atoms with Gasteiger partial charge in [-0.25, -0.2) is 0 Å². The van der Waals surface area contributed by atoms with Gasteiger partial charge in [-0.3, -0.25) is 19.3 Å². The summed E-state index contributed by atoms with van der Waals surface area (Å²) in [5.41, 5.74) is 0.372. The molecule has 224 valence electrons. The molecule has 4 aliphatic heterocycles. The van der Waals surface area contributed by atoms with E-state index in [-0.39, 0.29) is 29.2 Å². The number of nitrogens with one attached hydrogen (secondary N) is 2. The number of carbonyl (C=O) groups is 3. The van der Waals surface area contributed by atoms with Gasteiger partial charge in [-0.05, 0) is 30.5 Å². The van der Waals surface area contributed by atoms with E-state index in [0.717, 1.165) is 18.7 Å². The van der Waals surface area contributed by atoms with Crippen LogP contribution < -0.4 is 10.6 Å². The minimum absolute atomic E-state index is 0.210. The van der Waals surface area contributed by atoms with E-state index in [1.54, 1.807) is 12.1 Å². The Hall–Kier alpha value is -2.83. The van der Waals surface area contributed by atoms with Gasteiger partial charge < -0.3 is 30.1 Å². The Balaban J connectivity index is 1.30. The molecule has 3 N–H and O–H groups in total. The number of benzene rings is 2. The number of carbonyl (C=O) groups excluding carboxylic acids is 3. The van der Waals surface area contributed by atoms with Crippen molar-refractivity contribution >= 4 is 39.3 Å². The lowest BCUT2D eigenvalue weighted by Gasteiger charge is -2.37. The van der Waals surface area contributed by atoms with Crippen molar-refractivity contribution < 1.29 is 29.0 Å². The first kappa shape index (κ1) is 29.3. The molecular formula is C31H37BrN4O6. The van der Waals surface area contributed by atoms with Crippen LogP contribution in [0.3, 0.4) is 0 Å². The third-order valence-corrected chi connectivity index (χ3v) is 9.91. The SMILES string of the molecule is O=C(NCCN1CCOCC1)C1N([C@@H](CO)Cc2ccccc2)C(=O)[C@@H]2[C@H](C(=O)Nc3ccccc3)[C@H]3OC12CC3Br. The van der Waals surface area contributed by atoms with Crippen LogP contribution in [0.5, 0.6) is 0 Å². The molecule has 0 aromatic heterocycles. The molecular weight excluding hydrogens is 604 g/mol. The lowest BCUT2D eigenvalue weighted by molar-refractivity contribution is -0.145. The number of amides is 3. The van der Waals surface area contributed by atoms with Gasteiger partial charge in [-0.15, -0.1) is 0 Å². The summed E-state index contributed by atoms with van der Waals surface area (Å²) in [7, 11) is 0. The second-order valence-corrected chi connectivity index (χ2v) is 12.7. The lowest BCUT2D eigenvalue weighted by Crippen LogP contribution is -2.59. The van der Waals surface area contributed by atoms with Crippen LogP contribution in [0.2, 0.25) is 0 Å². The molecule has 2 aromatic rings. The van der Waals surface area contributed by atoms with Crippen molar-refractivity contribution in [3.8, 4) is 0 Å². The van der Waals surface area contributed by atoms with E-state index < -0.39 is 35.6 Å². The first-order valence-corrected chi connectivity index (χ1v) is 15.6. The monoisotopic (exact) mass is 640 g/mol. The molecule has 0 radical (unpaired) electrons. The van der Waals surface area contributed by atoms with Crippen molar-refractivity contribution in [2.45, 2.75) is 41.5 Å². The molecule has 0 aliphatic carbocycles. The molecule has 0 saturated carbocycles. The van der Waals surface area contributed by atoms with Crippen LogP contribution >= 0.6 is 15.9 Å². The summed E-state index contributed by atoms with van der Waals surface area (Å²) < 4.78 is 12.0. The predicted molar refractivity (Wildman–Crippen MR) is 159 cm³/mol. The molecule has 2 bridgehead atoms. The highest BCUT2D eigenvalue weighted by Crippen LogP contribution is 2.60. The number of halogens is 1. The summed E-state index contributed by atoms with van der Waals surface area (Å²) in [5, 5.41) is 16.6. The number of fused-ring (bicyclic) bond motifs is 1. The largest absolute Gasteiger partial charge is 0.394 e. The fraction of sp³-hybridized carbons (Fsp3) is 0.516. The quantitative estimate of drug-likeness (QED) is 0.336. The zero-order valence-corrected chi connectivity index (χ0v) is 24.9. The molecule has 42 heavy (non-hydrogen) atoms. The number of morpholine rings is 1. The van der Waals surface area contributed by atoms with Crippen molar-refractivity contribution in [1.82, 2.24) is 15.1 Å². The maximum Gasteiger partial charge on any atom is 0.245 e. The summed E-state index contributed by atoms with van der Waals surface area (Å²) in [5.74, 6) is -2.60. The fourth-order valence-electron chi connectivity index (χ4n) is 7.20. The van der Waals surface area contributed by atoms with E-state index in [0.29, 0.717) is 44.8 Å². The number of ether oxygens (including phenoxy) is 2. The minimum Gasteiger partial charge on any atom is -0.394 e. The van der Waals surface area contributed by atoms with Crippen LogP contribution in [0.1, 0.15) is 12.0 Å². The Morgan fingerprint density at radius 2 is 1.74 bits per heavy atom. The normalized spacial score (nSPS) is 31.1. The molecule has 4 heterocycles. The maximum absolute atomic E-state index is 14.4. The second kappa shape index (κ2) is 12.4. The average Bonchev–Trinajstić information content (AvgIpc) is 3.60. The molecule has 2 aromatic carbocycles. The molecule has 3 amide bonds. The third kappa shape index (κ3) is 5.37. The molecule has 6 rings (SSSR count). The summed E-state index contributed by atoms with van der Waals surface area (Å²) in [4.78, 5) is 45.8. The number of para-hydroxylation sites is 1. The number of aliphatic hydroxyl groups excluding tert-OH is 1. The molecule has 4 fully saturated rings. The summed E-state index contributed by atoms with van der Waals surface area (Å²) in [6, 6.07) is 17.1. The Morgan fingerprint density at radius 3 is 2.43 bits per heavy atom. The first-order chi connectivity index (χ1) is 20.4. The van der Waals surface area contributed by atoms with E-state index in [9.17, 15) is 19.5 Å². The molecule has 10 nitrogen and oxygen atoms in total. The van der Waals surface area contributed by atoms with Gasteiger partial charge in [0, 0.05) is 36.7 Å². The molecule has 4 saturated heterocycles. The van der Waals surface area contributed by atoms with Gasteiger partial charge in [0.05, 0.1) is 43.8 Å². The third-order valence-electron chi connectivity index (χ3n) is 9.07. The topological polar surface area (TPSA) is 120 Å². The minimum atomic E-state index is -1.19. The zero-order valence-electron chi connectivity index (χ0n) is 23.4. The Labute approximate surface area is 253 Å². The maximum atomic E-state index is 14.4. The smallest absolute Gasteiger partial charge is 0.245 e. The van der Waals surface area contributed by atoms with Gasteiger partial charge in [0.1, 0.15) is 11.6 Å². The van der Waals surface area contributed by atoms with E-state index in [4.69, 9.17) is 9.47 Å². The number of rotatable bonds is 10. The Bertz CT molecular complexity index is 1280. The van der Waals surface area contributed by atoms with Crippen LogP contribution in [-0.2, 0) is 30.3 Å². The number of hydrogen-bond acceptors (Lipinski definition) is 7. The number of nitrogens with zero attached hydrogens (tertiary/aromatic N) is 2. The highest BCUT2D eigenvalue weighted by molar-refractivity contribution is 9.09. The molecule has 4 aliphatic rings. The van der Waals surface area contributed by atoms with Crippen molar-refractivity contribution in [3.05, 3.63) is 66.2 Å². The lowest BCUT2D eigenvalue weighted by atomic mass is 9.70. The van der Waals surface area contributed by atoms with Crippen LogP contribution in [0, 0.1) is 11.8 Å². The zero-order chi connectivity index (χ0) is 29.3. The first-order valence-electron chi connectivity index (χ1n) is 14.7. The summed E-state index contributed by atoms with van der Waals surface area (Å²) in [6.45, 7) is 3.65. The summed E-state index contributed by atoms with van der Waals surface area (Å²) >= 11 is 3.72. The van der Waals surface area contributed by atoms with E-state index in [2.05, 4.69) is 31.5 Å². The fourth-order valence-corrected chi connectivity index (χ4v) is 8.15. The number of hydrogen-bond donors (Lipinski definition) is 3. The van der Waals surface area contributed by atoms with Gasteiger partial charge in [0.2, 0.25) is 17.7 Å². The van der Waals surface area contributed by atoms with Crippen molar-refractivity contribution in [3.63, 3.8) is 0 Å². The van der Waals surface area contributed by atoms with Gasteiger partial charge >= 0.3 is 0 Å². The average molecular weight is 642 g/mol. The second-order valence-electron chi connectivity index (χ2n) is 11.5. The van der Waals surface area contributed by atoms with Crippen molar-refractivity contribution in [2.24, 2.45) is 11.8 Å². The van der Waals surface area contributed by atoms with Crippen LogP contribution in [0.15, 0.2) is 60.7 Å². The molecule has 11 heteroatoms. The van der Waals surface area contributed by atoms with Crippen LogP contribution in [0.4, 0.5) is 5.69 Å². The van der Waals surface area contributed by atoms with Gasteiger partial charge in [0.15, 0.2) is 0 Å². The van der Waals surface area contributed by atoms with Gasteiger partial charge in [-0.1, -0.05) is 64.5 Å². The number of alkyl halides is 1. The number of anilines is 1. The van der Waals surface area contributed by atoms with E-state index >= 15 is 0 Å². The Morgan fingerprint density at radius 1 is 1.05 bits per heavy atom. The molecule has 3 unspecified atom stereocenters. The molecule has 7 atom stereocenters. The highest BCUT2D eigenvalue weighted by atomic mass is 79.9. The predicted octanol–water partition coefficient (Wildman–Crippen LogP) is 1.43. The van der Waals surface area contributed by atoms with E-state index in [1.807, 2.05) is 48.5 Å². The Kier molecular flexibility index (Phi) is 8.65. The standard InChI is InChI=1S/C31H37BrN4O6/c32-23-18-31-25(24(26(23)42-31)28(38)34-21-9-5-2-6-10-21)30(40)36(22(19-37)17-20-7-3-1-4-8-20)27(31)29(39)33-11-12-35-13-15-41-16-14-35/h1-10,22-27,37H,11-19H2,(H,33,39)(H,34,38)/t22-,23?,24+,25+,26+,27?,31?/m1/s1. The number of aliphatic hydroxyl groups is 1. The van der Waals surface area contributed by atoms with Crippen molar-refractivity contribution in [1.29, 1.82) is 0 Å². The highest BCUT2D eigenvalue weighted by Gasteiger charge is 2.77. The van der Waals surface area contributed by atoms with Gasteiger partial charge in [0.25, 0.3) is 0 Å². The number of likely N-dealkylation sites (tertiary alicyclic amines) is 1. The van der Waals surface area contributed by atoms with Gasteiger partial charge in [-0.2, -0.15) is 0 Å². The van der Waals surface area contributed by atoms with Crippen LogP contribution in [0.25, 0.3) is 0 Å². The van der Waals surface area contributed by atoms with Crippen LogP contribution in [-0.4, -0.2) is 107 Å². The van der Waals surface area contributed by atoms with Crippen molar-refractivity contribution in [2.75, 3.05) is 51.3 Å². The molecule has 1 spiro atoms.